The van der Waals surface area contributed by atoms with E-state index in [9.17, 15) is 4.79 Å². The van der Waals surface area contributed by atoms with Crippen molar-refractivity contribution in [2.75, 3.05) is 20.8 Å². The highest BCUT2D eigenvalue weighted by atomic mass is 79.9. The van der Waals surface area contributed by atoms with E-state index in [2.05, 4.69) is 22.9 Å². The molecule has 142 valence electrons. The van der Waals surface area contributed by atoms with E-state index < -0.39 is 5.97 Å². The van der Waals surface area contributed by atoms with Gasteiger partial charge in [-0.05, 0) is 24.6 Å². The number of hydrogen-bond acceptors (Lipinski definition) is 5. The van der Waals surface area contributed by atoms with Gasteiger partial charge in [-0.15, -0.1) is 0 Å². The Bertz CT molecular complexity index is 773. The van der Waals surface area contributed by atoms with E-state index in [1.165, 1.54) is 26.9 Å². The molecule has 26 heavy (non-hydrogen) atoms. The second-order valence-corrected chi connectivity index (χ2v) is 6.83. The molecule has 0 heterocycles. The normalized spacial score (nSPS) is 10.7. The van der Waals surface area contributed by atoms with E-state index in [0.29, 0.717) is 29.6 Å². The maximum absolute atomic E-state index is 11.6. The number of fused-ring (bicyclic) bond motifs is 1. The summed E-state index contributed by atoms with van der Waals surface area (Å²) < 4.78 is 23.4. The molecule has 2 rings (SSSR count). The van der Waals surface area contributed by atoms with Gasteiger partial charge < -0.3 is 18.9 Å². The van der Waals surface area contributed by atoms with Crippen LogP contribution in [-0.2, 0) is 4.79 Å². The Morgan fingerprint density at radius 1 is 0.962 bits per heavy atom. The van der Waals surface area contributed by atoms with Crippen LogP contribution in [0.3, 0.4) is 0 Å². The van der Waals surface area contributed by atoms with Crippen molar-refractivity contribution in [2.24, 2.45) is 0 Å². The molecule has 0 aromatic heterocycles. The van der Waals surface area contributed by atoms with E-state index in [-0.39, 0.29) is 0 Å². The summed E-state index contributed by atoms with van der Waals surface area (Å²) in [6.45, 7) is 4.11. The van der Waals surface area contributed by atoms with Crippen molar-refractivity contribution in [1.82, 2.24) is 0 Å². The van der Waals surface area contributed by atoms with Crippen molar-refractivity contribution in [2.45, 2.75) is 39.5 Å². The van der Waals surface area contributed by atoms with Gasteiger partial charge in [-0.3, -0.25) is 4.79 Å². The molecule has 0 radical (unpaired) electrons. The zero-order chi connectivity index (χ0) is 19.1. The highest BCUT2D eigenvalue weighted by Gasteiger charge is 2.25. The molecule has 0 saturated heterocycles. The fraction of sp³-hybridized carbons (Fsp3) is 0.450. The summed E-state index contributed by atoms with van der Waals surface area (Å²) in [4.78, 5) is 11.6. The van der Waals surface area contributed by atoms with E-state index in [0.717, 1.165) is 28.1 Å². The van der Waals surface area contributed by atoms with Crippen LogP contribution in [0.15, 0.2) is 22.7 Å². The van der Waals surface area contributed by atoms with E-state index in [1.54, 1.807) is 7.11 Å². The van der Waals surface area contributed by atoms with Gasteiger partial charge >= 0.3 is 5.97 Å². The summed E-state index contributed by atoms with van der Waals surface area (Å²) in [7, 11) is 3.06. The standard InChI is InChI=1S/C20H25BrO5/c1-5-6-7-8-11-25-17-15-10-9-14(21)12-16(15)18(26-13(2)22)20(24-4)19(17)23-3/h9-10,12H,5-8,11H2,1-4H3. The minimum absolute atomic E-state index is 0.325. The Labute approximate surface area is 162 Å². The molecule has 0 amide bonds. The minimum atomic E-state index is -0.431. The lowest BCUT2D eigenvalue weighted by Crippen LogP contribution is -2.07. The number of esters is 1. The number of halogens is 1. The zero-order valence-electron chi connectivity index (χ0n) is 15.7. The van der Waals surface area contributed by atoms with Crippen LogP contribution in [0.5, 0.6) is 23.0 Å². The molecular weight excluding hydrogens is 400 g/mol. The quantitative estimate of drug-likeness (QED) is 0.302. The molecule has 0 fully saturated rings. The van der Waals surface area contributed by atoms with Crippen molar-refractivity contribution >= 4 is 32.7 Å². The summed E-state index contributed by atoms with van der Waals surface area (Å²) in [6, 6.07) is 5.70. The molecule has 0 spiro atoms. The maximum atomic E-state index is 11.6. The number of methoxy groups -OCH3 is 2. The van der Waals surface area contributed by atoms with Gasteiger partial charge in [0.15, 0.2) is 11.5 Å². The fourth-order valence-electron chi connectivity index (χ4n) is 2.82. The van der Waals surface area contributed by atoms with Gasteiger partial charge in [0.05, 0.1) is 20.8 Å². The van der Waals surface area contributed by atoms with E-state index in [1.807, 2.05) is 18.2 Å². The minimum Gasteiger partial charge on any atom is -0.490 e. The average Bonchev–Trinajstić information content (AvgIpc) is 2.61. The van der Waals surface area contributed by atoms with Gasteiger partial charge in [-0.25, -0.2) is 0 Å². The third kappa shape index (κ3) is 4.61. The Balaban J connectivity index is 2.57. The molecule has 2 aromatic rings. The molecule has 5 nitrogen and oxygen atoms in total. The Kier molecular flexibility index (Phi) is 7.57. The summed E-state index contributed by atoms with van der Waals surface area (Å²) in [5.41, 5.74) is 0. The van der Waals surface area contributed by atoms with E-state index in [4.69, 9.17) is 18.9 Å². The van der Waals surface area contributed by atoms with Crippen molar-refractivity contribution in [3.8, 4) is 23.0 Å². The predicted molar refractivity (Wildman–Crippen MR) is 106 cm³/mol. The van der Waals surface area contributed by atoms with Crippen molar-refractivity contribution in [1.29, 1.82) is 0 Å². The highest BCUT2D eigenvalue weighted by Crippen LogP contribution is 2.51. The lowest BCUT2D eigenvalue weighted by Gasteiger charge is -2.20. The van der Waals surface area contributed by atoms with Crippen LogP contribution < -0.4 is 18.9 Å². The Hall–Kier alpha value is -1.95. The van der Waals surface area contributed by atoms with E-state index >= 15 is 0 Å². The molecule has 0 unspecified atom stereocenters. The predicted octanol–water partition coefficient (Wildman–Crippen LogP) is 5.50. The third-order valence-electron chi connectivity index (χ3n) is 3.99. The van der Waals surface area contributed by atoms with Crippen molar-refractivity contribution in [3.05, 3.63) is 22.7 Å². The topological polar surface area (TPSA) is 54.0 Å². The first-order chi connectivity index (χ1) is 12.5. The van der Waals surface area contributed by atoms with Crippen LogP contribution >= 0.6 is 15.9 Å². The third-order valence-corrected chi connectivity index (χ3v) is 4.48. The first kappa shape index (κ1) is 20.4. The van der Waals surface area contributed by atoms with Crippen LogP contribution in [0.2, 0.25) is 0 Å². The fourth-order valence-corrected chi connectivity index (χ4v) is 3.18. The summed E-state index contributed by atoms with van der Waals surface area (Å²) in [5, 5.41) is 1.52. The molecule has 0 aliphatic rings. The molecular formula is C20H25BrO5. The summed E-state index contributed by atoms with van der Waals surface area (Å²) in [5.74, 6) is 1.26. The second-order valence-electron chi connectivity index (χ2n) is 5.92. The van der Waals surface area contributed by atoms with Gasteiger partial charge in [-0.1, -0.05) is 42.1 Å². The van der Waals surface area contributed by atoms with Gasteiger partial charge in [0, 0.05) is 22.2 Å². The zero-order valence-corrected chi connectivity index (χ0v) is 17.3. The van der Waals surface area contributed by atoms with Gasteiger partial charge in [0.2, 0.25) is 11.5 Å². The summed E-state index contributed by atoms with van der Waals surface area (Å²) in [6.07, 6.45) is 4.43. The molecule has 0 atom stereocenters. The van der Waals surface area contributed by atoms with Gasteiger partial charge in [-0.2, -0.15) is 0 Å². The SMILES string of the molecule is CCCCCCOc1c(OC)c(OC)c(OC(C)=O)c2cc(Br)ccc12. The maximum Gasteiger partial charge on any atom is 0.308 e. The molecule has 0 bridgehead atoms. The number of benzene rings is 2. The van der Waals surface area contributed by atoms with Crippen molar-refractivity contribution < 1.29 is 23.7 Å². The summed E-state index contributed by atoms with van der Waals surface area (Å²) >= 11 is 3.47. The molecule has 6 heteroatoms. The highest BCUT2D eigenvalue weighted by molar-refractivity contribution is 9.10. The van der Waals surface area contributed by atoms with Crippen LogP contribution in [0.25, 0.3) is 10.8 Å². The number of carbonyl (C=O) groups is 1. The van der Waals surface area contributed by atoms with Gasteiger partial charge in [0.25, 0.3) is 0 Å². The molecule has 2 aromatic carbocycles. The molecule has 0 aliphatic carbocycles. The molecule has 0 aliphatic heterocycles. The van der Waals surface area contributed by atoms with Crippen LogP contribution in [0, 0.1) is 0 Å². The second kappa shape index (κ2) is 9.67. The number of unbranched alkanes of at least 4 members (excludes halogenated alkanes) is 3. The first-order valence-corrected chi connectivity index (χ1v) is 9.51. The van der Waals surface area contributed by atoms with Gasteiger partial charge in [0.1, 0.15) is 0 Å². The number of ether oxygens (including phenoxy) is 4. The van der Waals surface area contributed by atoms with Crippen LogP contribution in [-0.4, -0.2) is 26.8 Å². The van der Waals surface area contributed by atoms with Crippen LogP contribution in [0.4, 0.5) is 0 Å². The molecule has 0 saturated carbocycles. The number of hydrogen-bond donors (Lipinski definition) is 0. The first-order valence-electron chi connectivity index (χ1n) is 8.71. The van der Waals surface area contributed by atoms with Crippen LogP contribution in [0.1, 0.15) is 39.5 Å². The average molecular weight is 425 g/mol. The lowest BCUT2D eigenvalue weighted by atomic mass is 10.1. The van der Waals surface area contributed by atoms with Crippen molar-refractivity contribution in [3.63, 3.8) is 0 Å². The smallest absolute Gasteiger partial charge is 0.308 e. The number of rotatable bonds is 9. The monoisotopic (exact) mass is 424 g/mol. The largest absolute Gasteiger partial charge is 0.490 e. The Morgan fingerprint density at radius 2 is 1.65 bits per heavy atom. The lowest BCUT2D eigenvalue weighted by molar-refractivity contribution is -0.131. The molecule has 0 N–H and O–H groups in total. The Morgan fingerprint density at radius 3 is 2.27 bits per heavy atom. The number of carbonyl (C=O) groups excluding carboxylic acids is 1.